The maximum absolute atomic E-state index is 11.3. The fraction of sp³-hybridized carbons (Fsp3) is 0.467. The molecule has 0 amide bonds. The Morgan fingerprint density at radius 1 is 1.30 bits per heavy atom. The molecule has 1 aliphatic carbocycles. The SMILES string of the molecule is CC(C)(C)c1ccc(-c2nc(C3CC3)c(C(=O)O)s2)s1. The van der Waals surface area contributed by atoms with Crippen LogP contribution < -0.4 is 0 Å². The molecule has 1 N–H and O–H groups in total. The quantitative estimate of drug-likeness (QED) is 0.890. The van der Waals surface area contributed by atoms with E-state index in [-0.39, 0.29) is 5.41 Å². The summed E-state index contributed by atoms with van der Waals surface area (Å²) in [5.74, 6) is -0.476. The molecule has 2 aromatic heterocycles. The summed E-state index contributed by atoms with van der Waals surface area (Å²) in [5, 5.41) is 10.2. The van der Waals surface area contributed by atoms with Crippen molar-refractivity contribution in [1.82, 2.24) is 4.98 Å². The van der Waals surface area contributed by atoms with Gasteiger partial charge >= 0.3 is 5.97 Å². The predicted octanol–water partition coefficient (Wildman–Crippen LogP) is 4.74. The van der Waals surface area contributed by atoms with E-state index in [1.807, 2.05) is 0 Å². The number of hydrogen-bond acceptors (Lipinski definition) is 4. The highest BCUT2D eigenvalue weighted by Crippen LogP contribution is 2.45. The van der Waals surface area contributed by atoms with Crippen molar-refractivity contribution in [1.29, 1.82) is 0 Å². The molecule has 0 aromatic carbocycles. The first-order valence-electron chi connectivity index (χ1n) is 6.71. The summed E-state index contributed by atoms with van der Waals surface area (Å²) >= 11 is 3.03. The molecule has 1 aliphatic rings. The van der Waals surface area contributed by atoms with Crippen LogP contribution in [0.4, 0.5) is 0 Å². The second kappa shape index (κ2) is 4.67. The largest absolute Gasteiger partial charge is 0.477 e. The summed E-state index contributed by atoms with van der Waals surface area (Å²) in [5.41, 5.74) is 0.915. The Hall–Kier alpha value is -1.20. The van der Waals surface area contributed by atoms with Crippen LogP contribution in [0.1, 0.15) is 59.8 Å². The van der Waals surface area contributed by atoms with Gasteiger partial charge < -0.3 is 5.11 Å². The van der Waals surface area contributed by atoms with Crippen molar-refractivity contribution in [3.05, 3.63) is 27.6 Å². The molecule has 3 nitrogen and oxygen atoms in total. The molecule has 3 rings (SSSR count). The average Bonchev–Trinajstić information content (AvgIpc) is 2.92. The molecule has 1 fully saturated rings. The van der Waals surface area contributed by atoms with Crippen molar-refractivity contribution in [3.8, 4) is 9.88 Å². The third-order valence-electron chi connectivity index (χ3n) is 3.37. The lowest BCUT2D eigenvalue weighted by molar-refractivity contribution is 0.0700. The fourth-order valence-electron chi connectivity index (χ4n) is 2.08. The number of carboxylic acid groups (broad SMARTS) is 1. The minimum Gasteiger partial charge on any atom is -0.477 e. The lowest BCUT2D eigenvalue weighted by Crippen LogP contribution is -2.07. The Labute approximate surface area is 126 Å². The van der Waals surface area contributed by atoms with E-state index in [9.17, 15) is 9.90 Å². The van der Waals surface area contributed by atoms with Gasteiger partial charge in [0.1, 0.15) is 9.88 Å². The molecule has 2 aromatic rings. The Morgan fingerprint density at radius 3 is 2.50 bits per heavy atom. The lowest BCUT2D eigenvalue weighted by Gasteiger charge is -2.15. The number of carbonyl (C=O) groups is 1. The van der Waals surface area contributed by atoms with Crippen molar-refractivity contribution in [2.24, 2.45) is 0 Å². The van der Waals surface area contributed by atoms with Crippen molar-refractivity contribution in [2.45, 2.75) is 44.9 Å². The maximum atomic E-state index is 11.3. The molecular weight excluding hydrogens is 290 g/mol. The number of thiazole rings is 1. The number of rotatable bonds is 3. The summed E-state index contributed by atoms with van der Waals surface area (Å²) in [6, 6.07) is 4.19. The first-order valence-corrected chi connectivity index (χ1v) is 8.34. The van der Waals surface area contributed by atoms with Gasteiger partial charge in [0.05, 0.1) is 10.6 Å². The summed E-state index contributed by atoms with van der Waals surface area (Å²) in [7, 11) is 0. The normalized spacial score (nSPS) is 15.6. The van der Waals surface area contributed by atoms with E-state index in [1.54, 1.807) is 11.3 Å². The summed E-state index contributed by atoms with van der Waals surface area (Å²) in [4.78, 5) is 18.7. The van der Waals surface area contributed by atoms with Gasteiger partial charge in [-0.05, 0) is 30.4 Å². The van der Waals surface area contributed by atoms with Crippen LogP contribution in [0.2, 0.25) is 0 Å². The third-order valence-corrected chi connectivity index (χ3v) is 6.11. The third kappa shape index (κ3) is 2.52. The van der Waals surface area contributed by atoms with Gasteiger partial charge in [0.15, 0.2) is 0 Å². The standard InChI is InChI=1S/C15H17NO2S2/c1-15(2,3)10-7-6-9(19-10)13-16-11(8-4-5-8)12(20-13)14(17)18/h6-8H,4-5H2,1-3H3,(H,17,18). The summed E-state index contributed by atoms with van der Waals surface area (Å²) in [6.45, 7) is 6.55. The number of hydrogen-bond donors (Lipinski definition) is 1. The molecule has 2 heterocycles. The Morgan fingerprint density at radius 2 is 2.00 bits per heavy atom. The van der Waals surface area contributed by atoms with Gasteiger partial charge in [0.25, 0.3) is 0 Å². The van der Waals surface area contributed by atoms with Crippen molar-refractivity contribution >= 4 is 28.6 Å². The van der Waals surface area contributed by atoms with E-state index in [0.717, 1.165) is 28.4 Å². The first-order chi connectivity index (χ1) is 9.36. The molecule has 0 saturated heterocycles. The zero-order chi connectivity index (χ0) is 14.5. The smallest absolute Gasteiger partial charge is 0.347 e. The number of carboxylic acids is 1. The van der Waals surface area contributed by atoms with E-state index < -0.39 is 5.97 Å². The molecule has 1 saturated carbocycles. The fourth-order valence-corrected chi connectivity index (χ4v) is 4.19. The molecule has 0 atom stereocenters. The van der Waals surface area contributed by atoms with Crippen LogP contribution >= 0.6 is 22.7 Å². The molecule has 0 radical (unpaired) electrons. The van der Waals surface area contributed by atoms with E-state index in [4.69, 9.17) is 0 Å². The van der Waals surface area contributed by atoms with Crippen LogP contribution in [0, 0.1) is 0 Å². The first kappa shape index (κ1) is 13.8. The van der Waals surface area contributed by atoms with E-state index >= 15 is 0 Å². The van der Waals surface area contributed by atoms with Gasteiger partial charge in [-0.15, -0.1) is 22.7 Å². The molecule has 0 spiro atoms. The number of aromatic nitrogens is 1. The van der Waals surface area contributed by atoms with Crippen molar-refractivity contribution < 1.29 is 9.90 Å². The maximum Gasteiger partial charge on any atom is 0.347 e. The topological polar surface area (TPSA) is 50.2 Å². The van der Waals surface area contributed by atoms with Crippen LogP contribution in [0.15, 0.2) is 12.1 Å². The van der Waals surface area contributed by atoms with Crippen LogP contribution in [0.5, 0.6) is 0 Å². The number of aromatic carboxylic acids is 1. The van der Waals surface area contributed by atoms with E-state index in [1.165, 1.54) is 16.2 Å². The zero-order valence-electron chi connectivity index (χ0n) is 11.8. The molecule has 106 valence electrons. The second-order valence-corrected chi connectivity index (χ2v) is 8.31. The summed E-state index contributed by atoms with van der Waals surface area (Å²) in [6.07, 6.45) is 2.14. The van der Waals surface area contributed by atoms with E-state index in [0.29, 0.717) is 10.8 Å². The average molecular weight is 307 g/mol. The minimum absolute atomic E-state index is 0.120. The predicted molar refractivity (Wildman–Crippen MR) is 83.1 cm³/mol. The highest BCUT2D eigenvalue weighted by Gasteiger charge is 2.32. The molecular formula is C15H17NO2S2. The Kier molecular flexibility index (Phi) is 3.21. The van der Waals surface area contributed by atoms with Gasteiger partial charge in [-0.25, -0.2) is 9.78 Å². The Bertz CT molecular complexity index is 660. The molecule has 0 unspecified atom stereocenters. The Balaban J connectivity index is 2.00. The number of thiophene rings is 1. The molecule has 0 aliphatic heterocycles. The van der Waals surface area contributed by atoms with Crippen LogP contribution in [-0.2, 0) is 5.41 Å². The van der Waals surface area contributed by atoms with Crippen LogP contribution in [-0.4, -0.2) is 16.1 Å². The zero-order valence-corrected chi connectivity index (χ0v) is 13.4. The lowest BCUT2D eigenvalue weighted by atomic mass is 9.95. The highest BCUT2D eigenvalue weighted by atomic mass is 32.1. The second-order valence-electron chi connectivity index (χ2n) is 6.23. The van der Waals surface area contributed by atoms with Crippen LogP contribution in [0.3, 0.4) is 0 Å². The summed E-state index contributed by atoms with van der Waals surface area (Å²) < 4.78 is 0. The molecule has 20 heavy (non-hydrogen) atoms. The van der Waals surface area contributed by atoms with E-state index in [2.05, 4.69) is 37.9 Å². The number of nitrogens with zero attached hydrogens (tertiary/aromatic N) is 1. The minimum atomic E-state index is -0.844. The van der Waals surface area contributed by atoms with Crippen molar-refractivity contribution in [2.75, 3.05) is 0 Å². The molecule has 0 bridgehead atoms. The van der Waals surface area contributed by atoms with Gasteiger partial charge in [-0.1, -0.05) is 20.8 Å². The highest BCUT2D eigenvalue weighted by molar-refractivity contribution is 7.22. The van der Waals surface area contributed by atoms with Gasteiger partial charge in [-0.2, -0.15) is 0 Å². The van der Waals surface area contributed by atoms with Crippen LogP contribution in [0.25, 0.3) is 9.88 Å². The van der Waals surface area contributed by atoms with Crippen molar-refractivity contribution in [3.63, 3.8) is 0 Å². The monoisotopic (exact) mass is 307 g/mol. The van der Waals surface area contributed by atoms with Gasteiger partial charge in [-0.3, -0.25) is 0 Å². The molecule has 5 heteroatoms. The van der Waals surface area contributed by atoms with Gasteiger partial charge in [0, 0.05) is 10.8 Å². The van der Waals surface area contributed by atoms with Gasteiger partial charge in [0.2, 0.25) is 0 Å².